The second-order valence-corrected chi connectivity index (χ2v) is 4.53. The van der Waals surface area contributed by atoms with E-state index in [-0.39, 0.29) is 12.5 Å². The number of hydrogen-bond acceptors (Lipinski definition) is 5. The van der Waals surface area contributed by atoms with E-state index in [9.17, 15) is 9.90 Å². The van der Waals surface area contributed by atoms with Crippen LogP contribution >= 0.6 is 0 Å². The van der Waals surface area contributed by atoms with Crippen LogP contribution < -0.4 is 10.2 Å². The van der Waals surface area contributed by atoms with Gasteiger partial charge in [-0.1, -0.05) is 0 Å². The molecule has 2 aromatic heterocycles. The molecule has 3 rings (SSSR count). The van der Waals surface area contributed by atoms with Crippen LogP contribution in [-0.4, -0.2) is 34.1 Å². The lowest BCUT2D eigenvalue weighted by Crippen LogP contribution is -2.24. The van der Waals surface area contributed by atoms with Gasteiger partial charge < -0.3 is 15.3 Å². The number of aliphatic hydroxyl groups excluding tert-OH is 1. The molecule has 1 aliphatic rings. The van der Waals surface area contributed by atoms with Gasteiger partial charge in [-0.25, -0.2) is 9.97 Å². The molecule has 1 aliphatic heterocycles. The monoisotopic (exact) mass is 270 g/mol. The maximum absolute atomic E-state index is 12.3. The molecule has 0 aliphatic carbocycles. The molecule has 0 aromatic carbocycles. The molecule has 0 spiro atoms. The molecular weight excluding hydrogens is 256 g/mol. The smallest absolute Gasteiger partial charge is 0.259 e. The lowest BCUT2D eigenvalue weighted by atomic mass is 10.2. The summed E-state index contributed by atoms with van der Waals surface area (Å²) in [5.41, 5.74) is 2.04. The van der Waals surface area contributed by atoms with Gasteiger partial charge in [0.05, 0.1) is 17.9 Å². The lowest BCUT2D eigenvalue weighted by molar-refractivity contribution is 0.102. The summed E-state index contributed by atoms with van der Waals surface area (Å²) in [6.45, 7) is 2.17. The van der Waals surface area contributed by atoms with Gasteiger partial charge in [-0.15, -0.1) is 0 Å². The molecule has 0 saturated carbocycles. The summed E-state index contributed by atoms with van der Waals surface area (Å²) < 4.78 is 0. The van der Waals surface area contributed by atoms with Gasteiger partial charge in [0.1, 0.15) is 5.82 Å². The van der Waals surface area contributed by atoms with Gasteiger partial charge in [0, 0.05) is 18.9 Å². The minimum Gasteiger partial charge on any atom is -0.395 e. The molecular formula is C14H14N4O2. The lowest BCUT2D eigenvalue weighted by Gasteiger charge is -2.22. The number of rotatable bonds is 2. The van der Waals surface area contributed by atoms with Crippen LogP contribution in [0.5, 0.6) is 0 Å². The van der Waals surface area contributed by atoms with Gasteiger partial charge in [0.25, 0.3) is 5.91 Å². The first kappa shape index (κ1) is 12.6. The third-order valence-electron chi connectivity index (χ3n) is 3.24. The molecule has 0 bridgehead atoms. The van der Waals surface area contributed by atoms with Crippen LogP contribution in [0.25, 0.3) is 0 Å². The number of anilines is 3. The molecule has 0 unspecified atom stereocenters. The van der Waals surface area contributed by atoms with E-state index in [0.717, 1.165) is 5.56 Å². The number of carbonyl (C=O) groups excluding carboxylic acids is 1. The fraction of sp³-hybridized carbons (Fsp3) is 0.214. The summed E-state index contributed by atoms with van der Waals surface area (Å²) in [4.78, 5) is 22.7. The van der Waals surface area contributed by atoms with E-state index < -0.39 is 0 Å². The van der Waals surface area contributed by atoms with Gasteiger partial charge in [0.2, 0.25) is 0 Å². The summed E-state index contributed by atoms with van der Waals surface area (Å²) in [5, 5.41) is 12.2. The Hall–Kier alpha value is -2.47. The Kier molecular flexibility index (Phi) is 3.08. The fourth-order valence-corrected chi connectivity index (χ4v) is 2.29. The molecule has 20 heavy (non-hydrogen) atoms. The minimum absolute atomic E-state index is 0.0563. The normalized spacial score (nSPS) is 13.3. The largest absolute Gasteiger partial charge is 0.395 e. The molecule has 2 aromatic rings. The van der Waals surface area contributed by atoms with E-state index in [1.54, 1.807) is 29.4 Å². The van der Waals surface area contributed by atoms with Crippen molar-refractivity contribution in [1.29, 1.82) is 0 Å². The number of aliphatic hydroxyl groups is 1. The van der Waals surface area contributed by atoms with Crippen LogP contribution in [0.1, 0.15) is 15.9 Å². The summed E-state index contributed by atoms with van der Waals surface area (Å²) in [6.07, 6.45) is 3.30. The van der Waals surface area contributed by atoms with Gasteiger partial charge in [-0.05, 0) is 30.7 Å². The number of fused-ring (bicyclic) bond motifs is 2. The quantitative estimate of drug-likeness (QED) is 0.864. The van der Waals surface area contributed by atoms with Crippen LogP contribution in [0, 0.1) is 6.92 Å². The van der Waals surface area contributed by atoms with E-state index in [1.807, 2.05) is 13.0 Å². The average Bonchev–Trinajstić information content (AvgIpc) is 2.58. The van der Waals surface area contributed by atoms with E-state index >= 15 is 0 Å². The van der Waals surface area contributed by atoms with Crippen LogP contribution in [0.4, 0.5) is 17.3 Å². The Balaban J connectivity index is 2.26. The highest BCUT2D eigenvalue weighted by Crippen LogP contribution is 2.36. The number of β-amino-alcohol motifs (C(OH)–C–C–N with tert-alkyl or cyclic N) is 1. The van der Waals surface area contributed by atoms with E-state index in [1.165, 1.54) is 0 Å². The van der Waals surface area contributed by atoms with Crippen molar-refractivity contribution in [1.82, 2.24) is 9.97 Å². The molecule has 0 saturated heterocycles. The Morgan fingerprint density at radius 1 is 1.25 bits per heavy atom. The average molecular weight is 270 g/mol. The maximum Gasteiger partial charge on any atom is 0.259 e. The maximum atomic E-state index is 12.3. The van der Waals surface area contributed by atoms with Crippen molar-refractivity contribution in [3.63, 3.8) is 0 Å². The van der Waals surface area contributed by atoms with Gasteiger partial charge in [0.15, 0.2) is 5.82 Å². The van der Waals surface area contributed by atoms with Gasteiger partial charge in [-0.2, -0.15) is 0 Å². The Labute approximate surface area is 116 Å². The Morgan fingerprint density at radius 2 is 2.05 bits per heavy atom. The molecule has 2 N–H and O–H groups in total. The molecule has 0 atom stereocenters. The van der Waals surface area contributed by atoms with E-state index in [0.29, 0.717) is 29.4 Å². The molecule has 0 radical (unpaired) electrons. The SMILES string of the molecule is Cc1ccnc2c1NC(=O)c1cccnc1N2CCO. The Morgan fingerprint density at radius 3 is 2.85 bits per heavy atom. The van der Waals surface area contributed by atoms with Gasteiger partial charge in [-0.3, -0.25) is 4.79 Å². The first-order chi connectivity index (χ1) is 9.72. The van der Waals surface area contributed by atoms with Crippen LogP contribution in [0.15, 0.2) is 30.6 Å². The molecule has 102 valence electrons. The third-order valence-corrected chi connectivity index (χ3v) is 3.24. The number of nitrogens with one attached hydrogen (secondary N) is 1. The van der Waals surface area contributed by atoms with Crippen molar-refractivity contribution in [3.8, 4) is 0 Å². The van der Waals surface area contributed by atoms with Crippen molar-refractivity contribution in [2.45, 2.75) is 6.92 Å². The highest BCUT2D eigenvalue weighted by Gasteiger charge is 2.27. The molecule has 3 heterocycles. The van der Waals surface area contributed by atoms with Gasteiger partial charge >= 0.3 is 0 Å². The van der Waals surface area contributed by atoms with Crippen LogP contribution in [0.2, 0.25) is 0 Å². The number of carbonyl (C=O) groups is 1. The zero-order valence-electron chi connectivity index (χ0n) is 11.0. The second kappa shape index (κ2) is 4.90. The highest BCUT2D eigenvalue weighted by atomic mass is 16.3. The molecule has 1 amide bonds. The zero-order chi connectivity index (χ0) is 14.1. The predicted octanol–water partition coefficient (Wildman–Crippen LogP) is 1.48. The number of aromatic nitrogens is 2. The molecule has 0 fully saturated rings. The number of aryl methyl sites for hydroxylation is 1. The fourth-order valence-electron chi connectivity index (χ4n) is 2.29. The molecule has 6 nitrogen and oxygen atoms in total. The van der Waals surface area contributed by atoms with Crippen molar-refractivity contribution < 1.29 is 9.90 Å². The second-order valence-electron chi connectivity index (χ2n) is 4.53. The van der Waals surface area contributed by atoms with Crippen LogP contribution in [0.3, 0.4) is 0 Å². The first-order valence-electron chi connectivity index (χ1n) is 6.32. The number of hydrogen-bond donors (Lipinski definition) is 2. The van der Waals surface area contributed by atoms with Crippen molar-refractivity contribution in [2.24, 2.45) is 0 Å². The van der Waals surface area contributed by atoms with Crippen molar-refractivity contribution in [2.75, 3.05) is 23.4 Å². The summed E-state index contributed by atoms with van der Waals surface area (Å²) in [6, 6.07) is 5.26. The summed E-state index contributed by atoms with van der Waals surface area (Å²) in [5.74, 6) is 0.895. The van der Waals surface area contributed by atoms with Crippen molar-refractivity contribution >= 4 is 23.2 Å². The zero-order valence-corrected chi connectivity index (χ0v) is 11.0. The topological polar surface area (TPSA) is 78.4 Å². The number of nitrogens with zero attached hydrogens (tertiary/aromatic N) is 3. The third kappa shape index (κ3) is 1.90. The Bertz CT molecular complexity index is 672. The highest BCUT2D eigenvalue weighted by molar-refractivity contribution is 6.11. The minimum atomic E-state index is -0.217. The summed E-state index contributed by atoms with van der Waals surface area (Å²) >= 11 is 0. The van der Waals surface area contributed by atoms with Crippen molar-refractivity contribution in [3.05, 3.63) is 41.7 Å². The van der Waals surface area contributed by atoms with E-state index in [4.69, 9.17) is 0 Å². The number of amides is 1. The summed E-state index contributed by atoms with van der Waals surface area (Å²) in [7, 11) is 0. The predicted molar refractivity (Wildman–Crippen MR) is 75.3 cm³/mol. The van der Waals surface area contributed by atoms with Crippen LogP contribution in [-0.2, 0) is 0 Å². The standard InChI is InChI=1S/C14H14N4O2/c1-9-4-6-16-13-11(9)17-14(20)10-3-2-5-15-12(10)18(13)7-8-19/h2-6,19H,7-8H2,1H3,(H,17,20). The molecule has 6 heteroatoms. The first-order valence-corrected chi connectivity index (χ1v) is 6.32. The van der Waals surface area contributed by atoms with E-state index in [2.05, 4.69) is 15.3 Å². The number of pyridine rings is 2.